The van der Waals surface area contributed by atoms with Crippen molar-refractivity contribution in [1.29, 1.82) is 0 Å². The van der Waals surface area contributed by atoms with Gasteiger partial charge in [-0.2, -0.15) is 0 Å². The van der Waals surface area contributed by atoms with Gasteiger partial charge in [-0.05, 0) is 48.2 Å². The van der Waals surface area contributed by atoms with Crippen molar-refractivity contribution < 1.29 is 9.18 Å². The summed E-state index contributed by atoms with van der Waals surface area (Å²) in [6.07, 6.45) is 3.64. The molecule has 6 heteroatoms. The highest BCUT2D eigenvalue weighted by Gasteiger charge is 2.27. The van der Waals surface area contributed by atoms with Crippen LogP contribution >= 0.6 is 12.2 Å². The quantitative estimate of drug-likeness (QED) is 0.586. The molecular weight excluding hydrogens is 313 g/mol. The second-order valence-electron chi connectivity index (χ2n) is 6.33. The Morgan fingerprint density at radius 2 is 2.09 bits per heavy atom. The predicted molar refractivity (Wildman–Crippen MR) is 93.1 cm³/mol. The molecule has 23 heavy (non-hydrogen) atoms. The van der Waals surface area contributed by atoms with Gasteiger partial charge in [-0.25, -0.2) is 4.39 Å². The highest BCUT2D eigenvalue weighted by Crippen LogP contribution is 2.29. The molecule has 3 atom stereocenters. The van der Waals surface area contributed by atoms with E-state index in [4.69, 9.17) is 12.2 Å². The highest BCUT2D eigenvalue weighted by molar-refractivity contribution is 7.80. The average molecular weight is 337 g/mol. The van der Waals surface area contributed by atoms with Gasteiger partial charge >= 0.3 is 0 Å². The van der Waals surface area contributed by atoms with E-state index in [1.54, 1.807) is 12.1 Å². The Kier molecular flexibility index (Phi) is 6.33. The van der Waals surface area contributed by atoms with E-state index >= 15 is 0 Å². The zero-order valence-corrected chi connectivity index (χ0v) is 14.4. The minimum atomic E-state index is -0.346. The Morgan fingerprint density at radius 3 is 2.83 bits per heavy atom. The van der Waals surface area contributed by atoms with Gasteiger partial charge in [0.1, 0.15) is 5.82 Å². The van der Waals surface area contributed by atoms with Gasteiger partial charge in [-0.1, -0.05) is 38.8 Å². The molecule has 1 aliphatic rings. The van der Waals surface area contributed by atoms with Crippen molar-refractivity contribution in [3.05, 3.63) is 35.6 Å². The largest absolute Gasteiger partial charge is 0.358 e. The maximum Gasteiger partial charge on any atom is 0.242 e. The molecule has 0 aliphatic heterocycles. The number of hydrazine groups is 1. The summed E-state index contributed by atoms with van der Waals surface area (Å²) in [5.41, 5.74) is 5.90. The second kappa shape index (κ2) is 8.24. The molecule has 1 aliphatic carbocycles. The molecule has 1 aromatic carbocycles. The number of carbonyl (C=O) groups excluding carboxylic acids is 1. The molecule has 0 saturated heterocycles. The minimum absolute atomic E-state index is 0.101. The molecule has 126 valence electrons. The summed E-state index contributed by atoms with van der Waals surface area (Å²) in [7, 11) is 0. The van der Waals surface area contributed by atoms with Gasteiger partial charge < -0.3 is 5.32 Å². The molecule has 0 heterocycles. The molecule has 1 fully saturated rings. The van der Waals surface area contributed by atoms with Crippen LogP contribution in [0, 0.1) is 17.7 Å². The fourth-order valence-electron chi connectivity index (χ4n) is 2.99. The highest BCUT2D eigenvalue weighted by atomic mass is 32.1. The van der Waals surface area contributed by atoms with Crippen molar-refractivity contribution in [3.63, 3.8) is 0 Å². The Labute approximate surface area is 142 Å². The molecule has 1 aromatic rings. The SMILES string of the molecule is C[C@@H]1[C@H](C)CCC[C@@H]1NC(=S)NNC(=O)Cc1cccc(F)c1. The lowest BCUT2D eigenvalue weighted by Crippen LogP contribution is -2.52. The topological polar surface area (TPSA) is 53.2 Å². The van der Waals surface area contributed by atoms with Crippen molar-refractivity contribution >= 4 is 23.2 Å². The van der Waals surface area contributed by atoms with Crippen molar-refractivity contribution in [3.8, 4) is 0 Å². The third-order valence-electron chi connectivity index (χ3n) is 4.59. The van der Waals surface area contributed by atoms with Crippen LogP contribution < -0.4 is 16.2 Å². The average Bonchev–Trinajstić information content (AvgIpc) is 2.50. The minimum Gasteiger partial charge on any atom is -0.358 e. The molecule has 1 saturated carbocycles. The zero-order chi connectivity index (χ0) is 16.8. The first-order valence-corrected chi connectivity index (χ1v) is 8.46. The lowest BCUT2D eigenvalue weighted by Gasteiger charge is -2.35. The van der Waals surface area contributed by atoms with Crippen molar-refractivity contribution in [1.82, 2.24) is 16.2 Å². The first kappa shape index (κ1) is 17.7. The molecule has 2 rings (SSSR count). The fraction of sp³-hybridized carbons (Fsp3) is 0.529. The van der Waals surface area contributed by atoms with E-state index < -0.39 is 0 Å². The first-order chi connectivity index (χ1) is 11.0. The summed E-state index contributed by atoms with van der Waals surface area (Å²) in [6.45, 7) is 4.49. The lowest BCUT2D eigenvalue weighted by molar-refractivity contribution is -0.121. The van der Waals surface area contributed by atoms with Crippen LogP contribution in [0.1, 0.15) is 38.7 Å². The number of halogens is 1. The van der Waals surface area contributed by atoms with E-state index in [9.17, 15) is 9.18 Å². The summed E-state index contributed by atoms with van der Waals surface area (Å²) in [5, 5.41) is 3.69. The Bertz CT molecular complexity index is 567. The van der Waals surface area contributed by atoms with Gasteiger partial charge in [0, 0.05) is 6.04 Å². The van der Waals surface area contributed by atoms with Crippen LogP contribution in [0.25, 0.3) is 0 Å². The lowest BCUT2D eigenvalue weighted by atomic mass is 9.78. The molecule has 1 amide bonds. The van der Waals surface area contributed by atoms with Gasteiger partial charge in [-0.3, -0.25) is 15.6 Å². The summed E-state index contributed by atoms with van der Waals surface area (Å²) in [6, 6.07) is 6.33. The molecule has 0 spiro atoms. The van der Waals surface area contributed by atoms with E-state index in [-0.39, 0.29) is 18.1 Å². The Morgan fingerprint density at radius 1 is 1.30 bits per heavy atom. The van der Waals surface area contributed by atoms with E-state index in [1.165, 1.54) is 25.0 Å². The van der Waals surface area contributed by atoms with Gasteiger partial charge in [0.15, 0.2) is 5.11 Å². The van der Waals surface area contributed by atoms with Crippen LogP contribution in [-0.4, -0.2) is 17.1 Å². The van der Waals surface area contributed by atoms with Gasteiger partial charge in [0.2, 0.25) is 5.91 Å². The number of thiocarbonyl (C=S) groups is 1. The van der Waals surface area contributed by atoms with Crippen LogP contribution in [0.15, 0.2) is 24.3 Å². The number of hydrogen-bond donors (Lipinski definition) is 3. The monoisotopic (exact) mass is 337 g/mol. The summed E-state index contributed by atoms with van der Waals surface area (Å²) in [4.78, 5) is 11.9. The van der Waals surface area contributed by atoms with E-state index in [1.807, 2.05) is 0 Å². The number of carbonyl (C=O) groups is 1. The molecular formula is C17H24FN3OS. The second-order valence-corrected chi connectivity index (χ2v) is 6.74. The summed E-state index contributed by atoms with van der Waals surface area (Å²) in [5.74, 6) is 0.615. The molecule has 3 N–H and O–H groups in total. The standard InChI is InChI=1S/C17H24FN3OS/c1-11-5-3-8-15(12(11)2)19-17(23)21-20-16(22)10-13-6-4-7-14(18)9-13/h4,6-7,9,11-12,15H,3,5,8,10H2,1-2H3,(H,20,22)(H2,19,21,23)/t11-,12-,15+/m1/s1. The predicted octanol–water partition coefficient (Wildman–Crippen LogP) is 2.69. The van der Waals surface area contributed by atoms with Gasteiger partial charge in [0.05, 0.1) is 6.42 Å². The van der Waals surface area contributed by atoms with E-state index in [0.29, 0.717) is 28.6 Å². The number of nitrogens with one attached hydrogen (secondary N) is 3. The number of hydrogen-bond acceptors (Lipinski definition) is 2. The smallest absolute Gasteiger partial charge is 0.242 e. The molecule has 0 radical (unpaired) electrons. The Balaban J connectivity index is 1.74. The van der Waals surface area contributed by atoms with Gasteiger partial charge in [-0.15, -0.1) is 0 Å². The van der Waals surface area contributed by atoms with Crippen LogP contribution in [0.4, 0.5) is 4.39 Å². The van der Waals surface area contributed by atoms with E-state index in [2.05, 4.69) is 30.0 Å². The third kappa shape index (κ3) is 5.46. The summed E-state index contributed by atoms with van der Waals surface area (Å²) < 4.78 is 13.1. The van der Waals surface area contributed by atoms with Crippen LogP contribution in [-0.2, 0) is 11.2 Å². The number of benzene rings is 1. The van der Waals surface area contributed by atoms with Crippen LogP contribution in [0.3, 0.4) is 0 Å². The molecule has 4 nitrogen and oxygen atoms in total. The van der Waals surface area contributed by atoms with Crippen molar-refractivity contribution in [2.24, 2.45) is 11.8 Å². The maximum absolute atomic E-state index is 13.1. The molecule has 0 bridgehead atoms. The maximum atomic E-state index is 13.1. The van der Waals surface area contributed by atoms with Gasteiger partial charge in [0.25, 0.3) is 0 Å². The van der Waals surface area contributed by atoms with E-state index in [0.717, 1.165) is 6.42 Å². The van der Waals surface area contributed by atoms with Crippen molar-refractivity contribution in [2.45, 2.75) is 45.6 Å². The number of rotatable bonds is 3. The third-order valence-corrected chi connectivity index (χ3v) is 4.81. The molecule has 0 aromatic heterocycles. The summed E-state index contributed by atoms with van der Waals surface area (Å²) >= 11 is 5.23. The molecule has 0 unspecified atom stereocenters. The zero-order valence-electron chi connectivity index (χ0n) is 13.6. The fourth-order valence-corrected chi connectivity index (χ4v) is 3.20. The van der Waals surface area contributed by atoms with Crippen LogP contribution in [0.5, 0.6) is 0 Å². The van der Waals surface area contributed by atoms with Crippen molar-refractivity contribution in [2.75, 3.05) is 0 Å². The van der Waals surface area contributed by atoms with Crippen LogP contribution in [0.2, 0.25) is 0 Å². The normalized spacial score (nSPS) is 23.9. The Hall–Kier alpha value is -1.69. The first-order valence-electron chi connectivity index (χ1n) is 8.05. The number of amides is 1.